The second kappa shape index (κ2) is 7.25. The summed E-state index contributed by atoms with van der Waals surface area (Å²) in [5.41, 5.74) is 1.42. The Kier molecular flexibility index (Phi) is 4.67. The zero-order chi connectivity index (χ0) is 17.9. The normalized spacial score (nSPS) is 16.0. The number of amides is 1. The number of pyridine rings is 1. The van der Waals surface area contributed by atoms with Crippen LogP contribution in [0.1, 0.15) is 34.9 Å². The first kappa shape index (κ1) is 16.7. The fourth-order valence-corrected chi connectivity index (χ4v) is 3.57. The van der Waals surface area contributed by atoms with Crippen molar-refractivity contribution in [3.05, 3.63) is 71.9 Å². The predicted octanol–water partition coefficient (Wildman–Crippen LogP) is 3.04. The number of likely N-dealkylation sites (tertiary alicyclic amines) is 1. The number of imidazole rings is 1. The molecule has 1 atom stereocenters. The molecule has 0 radical (unpaired) electrons. The van der Waals surface area contributed by atoms with E-state index in [0.717, 1.165) is 18.7 Å². The Morgan fingerprint density at radius 3 is 2.58 bits per heavy atom. The second-order valence-corrected chi connectivity index (χ2v) is 6.56. The van der Waals surface area contributed by atoms with Gasteiger partial charge in [-0.1, -0.05) is 36.4 Å². The number of hydrogen-bond acceptors (Lipinski definition) is 3. The number of rotatable bonds is 5. The standard InChI is InChI=1S/C20H21FN4O/c21-19-18(23-17-10-4-5-13-25(17)19)20(26)22-14-16(24-11-6-7-12-24)15-8-2-1-3-9-15/h1-5,8-10,13,16H,6-7,11-12,14H2,(H,22,26). The van der Waals surface area contributed by atoms with E-state index in [9.17, 15) is 9.18 Å². The minimum atomic E-state index is -0.629. The molecule has 1 unspecified atom stereocenters. The summed E-state index contributed by atoms with van der Waals surface area (Å²) in [6.45, 7) is 2.45. The van der Waals surface area contributed by atoms with Gasteiger partial charge in [-0.3, -0.25) is 14.1 Å². The molecule has 1 saturated heterocycles. The van der Waals surface area contributed by atoms with Crippen LogP contribution >= 0.6 is 0 Å². The molecule has 1 aromatic carbocycles. The van der Waals surface area contributed by atoms with Crippen LogP contribution in [0.5, 0.6) is 0 Å². The van der Waals surface area contributed by atoms with Crippen LogP contribution in [-0.2, 0) is 0 Å². The smallest absolute Gasteiger partial charge is 0.274 e. The highest BCUT2D eigenvalue weighted by atomic mass is 19.1. The lowest BCUT2D eigenvalue weighted by molar-refractivity contribution is 0.0929. The molecule has 1 N–H and O–H groups in total. The number of aromatic nitrogens is 2. The highest BCUT2D eigenvalue weighted by Gasteiger charge is 2.25. The lowest BCUT2D eigenvalue weighted by Crippen LogP contribution is -2.37. The highest BCUT2D eigenvalue weighted by molar-refractivity contribution is 5.93. The van der Waals surface area contributed by atoms with Gasteiger partial charge in [-0.25, -0.2) is 4.98 Å². The van der Waals surface area contributed by atoms with Gasteiger partial charge in [0.25, 0.3) is 5.91 Å². The zero-order valence-electron chi connectivity index (χ0n) is 14.4. The molecule has 0 aliphatic carbocycles. The molecule has 3 heterocycles. The van der Waals surface area contributed by atoms with E-state index in [1.807, 2.05) is 18.2 Å². The van der Waals surface area contributed by atoms with Gasteiger partial charge in [0, 0.05) is 12.7 Å². The average Bonchev–Trinajstić information content (AvgIpc) is 3.32. The Bertz CT molecular complexity index is 903. The van der Waals surface area contributed by atoms with Crippen molar-refractivity contribution in [2.45, 2.75) is 18.9 Å². The summed E-state index contributed by atoms with van der Waals surface area (Å²) < 4.78 is 15.7. The number of nitrogens with zero attached hydrogens (tertiary/aromatic N) is 3. The number of nitrogens with one attached hydrogen (secondary N) is 1. The van der Waals surface area contributed by atoms with Crippen LogP contribution < -0.4 is 5.32 Å². The van der Waals surface area contributed by atoms with Gasteiger partial charge >= 0.3 is 0 Å². The fraction of sp³-hybridized carbons (Fsp3) is 0.300. The zero-order valence-corrected chi connectivity index (χ0v) is 14.4. The van der Waals surface area contributed by atoms with E-state index in [0.29, 0.717) is 12.2 Å². The third-order valence-corrected chi connectivity index (χ3v) is 4.91. The van der Waals surface area contributed by atoms with Crippen molar-refractivity contribution in [3.63, 3.8) is 0 Å². The molecule has 134 valence electrons. The Balaban J connectivity index is 1.53. The molecule has 1 aliphatic heterocycles. The summed E-state index contributed by atoms with van der Waals surface area (Å²) in [6.07, 6.45) is 3.89. The van der Waals surface area contributed by atoms with Crippen LogP contribution in [-0.4, -0.2) is 39.8 Å². The summed E-state index contributed by atoms with van der Waals surface area (Å²) in [5.74, 6) is -1.11. The minimum absolute atomic E-state index is 0.0859. The molecule has 5 nitrogen and oxygen atoms in total. The van der Waals surface area contributed by atoms with Crippen molar-refractivity contribution in [1.29, 1.82) is 0 Å². The quantitative estimate of drug-likeness (QED) is 0.768. The number of carbonyl (C=O) groups is 1. The Morgan fingerprint density at radius 1 is 1.12 bits per heavy atom. The van der Waals surface area contributed by atoms with Gasteiger partial charge in [-0.05, 0) is 43.6 Å². The SMILES string of the molecule is O=C(NCC(c1ccccc1)N1CCCC1)c1nc2ccccn2c1F. The second-order valence-electron chi connectivity index (χ2n) is 6.56. The molecular weight excluding hydrogens is 331 g/mol. The maximum atomic E-state index is 14.5. The van der Waals surface area contributed by atoms with Gasteiger partial charge in [-0.2, -0.15) is 4.39 Å². The fourth-order valence-electron chi connectivity index (χ4n) is 3.57. The van der Waals surface area contributed by atoms with Crippen molar-refractivity contribution in [1.82, 2.24) is 19.6 Å². The van der Waals surface area contributed by atoms with Crippen molar-refractivity contribution in [2.24, 2.45) is 0 Å². The van der Waals surface area contributed by atoms with E-state index in [4.69, 9.17) is 0 Å². The summed E-state index contributed by atoms with van der Waals surface area (Å²) in [6, 6.07) is 15.4. The van der Waals surface area contributed by atoms with E-state index in [1.165, 1.54) is 17.2 Å². The molecule has 0 spiro atoms. The Labute approximate surface area is 151 Å². The average molecular weight is 352 g/mol. The largest absolute Gasteiger partial charge is 0.349 e. The van der Waals surface area contributed by atoms with E-state index < -0.39 is 11.9 Å². The number of carbonyl (C=O) groups excluding carboxylic acids is 1. The molecule has 1 aliphatic rings. The third kappa shape index (κ3) is 3.20. The van der Waals surface area contributed by atoms with Gasteiger partial charge < -0.3 is 5.32 Å². The van der Waals surface area contributed by atoms with Gasteiger partial charge in [-0.15, -0.1) is 0 Å². The van der Waals surface area contributed by atoms with E-state index >= 15 is 0 Å². The lowest BCUT2D eigenvalue weighted by atomic mass is 10.1. The van der Waals surface area contributed by atoms with Crippen LogP contribution in [0.15, 0.2) is 54.7 Å². The van der Waals surface area contributed by atoms with Crippen LogP contribution in [0.4, 0.5) is 4.39 Å². The van der Waals surface area contributed by atoms with Crippen LogP contribution in [0.2, 0.25) is 0 Å². The maximum absolute atomic E-state index is 14.5. The first-order chi connectivity index (χ1) is 12.7. The Morgan fingerprint density at radius 2 is 1.85 bits per heavy atom. The number of hydrogen-bond donors (Lipinski definition) is 1. The van der Waals surface area contributed by atoms with Crippen LogP contribution in [0.3, 0.4) is 0 Å². The lowest BCUT2D eigenvalue weighted by Gasteiger charge is -2.28. The molecule has 3 aromatic rings. The van der Waals surface area contributed by atoms with E-state index in [1.54, 1.807) is 24.4 Å². The van der Waals surface area contributed by atoms with Crippen LogP contribution in [0, 0.1) is 5.95 Å². The van der Waals surface area contributed by atoms with Crippen molar-refractivity contribution < 1.29 is 9.18 Å². The van der Waals surface area contributed by atoms with Gasteiger partial charge in [0.2, 0.25) is 5.95 Å². The van der Waals surface area contributed by atoms with Crippen LogP contribution in [0.25, 0.3) is 5.65 Å². The predicted molar refractivity (Wildman–Crippen MR) is 97.5 cm³/mol. The van der Waals surface area contributed by atoms with Crippen molar-refractivity contribution >= 4 is 11.6 Å². The summed E-state index contributed by atoms with van der Waals surface area (Å²) in [4.78, 5) is 19.0. The molecule has 2 aromatic heterocycles. The first-order valence-corrected chi connectivity index (χ1v) is 8.94. The number of halogens is 1. The van der Waals surface area contributed by atoms with Gasteiger partial charge in [0.1, 0.15) is 5.65 Å². The topological polar surface area (TPSA) is 49.6 Å². The number of fused-ring (bicyclic) bond motifs is 1. The van der Waals surface area contributed by atoms with Crippen molar-refractivity contribution in [2.75, 3.05) is 19.6 Å². The molecule has 0 bridgehead atoms. The van der Waals surface area contributed by atoms with E-state index in [2.05, 4.69) is 27.3 Å². The third-order valence-electron chi connectivity index (χ3n) is 4.91. The van der Waals surface area contributed by atoms with E-state index in [-0.39, 0.29) is 11.7 Å². The molecule has 26 heavy (non-hydrogen) atoms. The molecule has 0 saturated carbocycles. The molecule has 1 amide bonds. The molecule has 4 rings (SSSR count). The first-order valence-electron chi connectivity index (χ1n) is 8.94. The highest BCUT2D eigenvalue weighted by Crippen LogP contribution is 2.24. The minimum Gasteiger partial charge on any atom is -0.349 e. The van der Waals surface area contributed by atoms with Gasteiger partial charge in [0.15, 0.2) is 5.69 Å². The Hall–Kier alpha value is -2.73. The molecular formula is C20H21FN4O. The summed E-state index contributed by atoms with van der Waals surface area (Å²) >= 11 is 0. The number of benzene rings is 1. The summed E-state index contributed by atoms with van der Waals surface area (Å²) in [5, 5.41) is 2.88. The summed E-state index contributed by atoms with van der Waals surface area (Å²) in [7, 11) is 0. The van der Waals surface area contributed by atoms with Gasteiger partial charge in [0.05, 0.1) is 6.04 Å². The maximum Gasteiger partial charge on any atom is 0.274 e. The monoisotopic (exact) mass is 352 g/mol. The van der Waals surface area contributed by atoms with Crippen molar-refractivity contribution in [3.8, 4) is 0 Å². The molecule has 6 heteroatoms. The molecule has 1 fully saturated rings.